The fraction of sp³-hybridized carbons (Fsp3) is 0.548. The van der Waals surface area contributed by atoms with Crippen molar-refractivity contribution in [3.63, 3.8) is 0 Å². The van der Waals surface area contributed by atoms with Crippen LogP contribution in [0.5, 0.6) is 11.5 Å². The maximum atomic E-state index is 13.4. The summed E-state index contributed by atoms with van der Waals surface area (Å²) in [5.41, 5.74) is 1.11. The zero-order valence-corrected chi connectivity index (χ0v) is 23.9. The first-order valence-electron chi connectivity index (χ1n) is 14.2. The summed E-state index contributed by atoms with van der Waals surface area (Å²) in [4.78, 5) is 42.1. The van der Waals surface area contributed by atoms with Gasteiger partial charge in [-0.25, -0.2) is 4.98 Å². The number of pyridine rings is 1. The second kappa shape index (κ2) is 14.9. The van der Waals surface area contributed by atoms with Crippen LogP contribution < -0.4 is 9.47 Å². The van der Waals surface area contributed by atoms with E-state index in [4.69, 9.17) is 28.4 Å². The van der Waals surface area contributed by atoms with Crippen molar-refractivity contribution in [2.24, 2.45) is 11.8 Å². The summed E-state index contributed by atoms with van der Waals surface area (Å²) < 4.78 is 34.3. The molecule has 1 saturated heterocycles. The van der Waals surface area contributed by atoms with Crippen molar-refractivity contribution >= 4 is 17.7 Å². The number of carbonyl (C=O) groups is 3. The Bertz CT molecular complexity index is 1170. The Balaban J connectivity index is 1.51. The minimum absolute atomic E-state index is 0.00629. The molecule has 0 unspecified atom stereocenters. The lowest BCUT2D eigenvalue weighted by Crippen LogP contribution is -2.42. The fourth-order valence-corrected chi connectivity index (χ4v) is 5.38. The topological polar surface area (TPSA) is 119 Å². The molecule has 2 fully saturated rings. The van der Waals surface area contributed by atoms with Crippen LogP contribution in [0.25, 0.3) is 0 Å². The molecule has 0 amide bonds. The number of hydrogen-bond acceptors (Lipinski definition) is 10. The molecule has 1 aliphatic carbocycles. The van der Waals surface area contributed by atoms with E-state index in [9.17, 15) is 14.4 Å². The maximum absolute atomic E-state index is 13.4. The predicted molar refractivity (Wildman–Crippen MR) is 148 cm³/mol. The smallest absolute Gasteiger partial charge is 0.312 e. The number of hydrogen-bond donors (Lipinski definition) is 0. The lowest BCUT2D eigenvalue weighted by atomic mass is 9.91. The van der Waals surface area contributed by atoms with E-state index in [0.29, 0.717) is 13.0 Å². The number of carbonyl (C=O) groups excluding carboxylic acids is 3. The summed E-state index contributed by atoms with van der Waals surface area (Å²) in [6.07, 6.45) is 5.37. The van der Waals surface area contributed by atoms with Crippen molar-refractivity contribution in [3.8, 4) is 11.5 Å². The molecule has 10 heteroatoms. The number of methoxy groups -OCH3 is 1. The van der Waals surface area contributed by atoms with Gasteiger partial charge in [-0.2, -0.15) is 0 Å². The lowest BCUT2D eigenvalue weighted by molar-refractivity contribution is -0.166. The van der Waals surface area contributed by atoms with Crippen molar-refractivity contribution in [3.05, 3.63) is 53.9 Å². The van der Waals surface area contributed by atoms with E-state index in [2.05, 4.69) is 17.1 Å². The van der Waals surface area contributed by atoms with Crippen LogP contribution in [0.1, 0.15) is 62.0 Å². The molecule has 41 heavy (non-hydrogen) atoms. The average molecular weight is 570 g/mol. The largest absolute Gasteiger partial charge is 0.493 e. The van der Waals surface area contributed by atoms with E-state index < -0.39 is 36.5 Å². The van der Waals surface area contributed by atoms with Crippen LogP contribution in [0.2, 0.25) is 0 Å². The standard InChI is InChI=1S/C31H39NO9/c1-20-29(41-25-11-7-8-12-25)23(15-22-9-5-4-6-10-22)17-37-18-24(31(35)40-20)16-26(34)28-30(39-19-38-21(2)33)27(36-3)13-14-32-28/h4-6,9-10,13-14,20,23-25,29H,7-8,11-12,15-19H2,1-3H3/t20-,23-,24-,29-/m0/s1. The fourth-order valence-electron chi connectivity index (χ4n) is 5.38. The molecule has 1 saturated carbocycles. The number of nitrogens with zero attached hydrogens (tertiary/aromatic N) is 1. The zero-order chi connectivity index (χ0) is 29.2. The second-order valence-corrected chi connectivity index (χ2v) is 10.5. The van der Waals surface area contributed by atoms with Crippen molar-refractivity contribution in [1.82, 2.24) is 4.98 Å². The van der Waals surface area contributed by atoms with Gasteiger partial charge in [-0.15, -0.1) is 0 Å². The third kappa shape index (κ3) is 8.50. The van der Waals surface area contributed by atoms with E-state index >= 15 is 0 Å². The van der Waals surface area contributed by atoms with Gasteiger partial charge >= 0.3 is 11.9 Å². The summed E-state index contributed by atoms with van der Waals surface area (Å²) in [6.45, 7) is 3.03. The Morgan fingerprint density at radius 1 is 1.07 bits per heavy atom. The number of ether oxygens (including phenoxy) is 6. The van der Waals surface area contributed by atoms with Gasteiger partial charge in [-0.3, -0.25) is 14.4 Å². The minimum atomic E-state index is -0.859. The number of Topliss-reactive ketones (excluding diaryl/α,β-unsaturated/α-hetero) is 1. The van der Waals surface area contributed by atoms with E-state index in [-0.39, 0.29) is 48.3 Å². The van der Waals surface area contributed by atoms with Gasteiger partial charge in [0.05, 0.1) is 38.4 Å². The molecule has 222 valence electrons. The van der Waals surface area contributed by atoms with Crippen molar-refractivity contribution in [2.45, 2.75) is 70.7 Å². The lowest BCUT2D eigenvalue weighted by Gasteiger charge is -2.33. The molecule has 4 rings (SSSR count). The van der Waals surface area contributed by atoms with E-state index in [0.717, 1.165) is 31.2 Å². The number of cyclic esters (lactones) is 1. The highest BCUT2D eigenvalue weighted by atomic mass is 16.7. The first kappa shape index (κ1) is 30.5. The van der Waals surface area contributed by atoms with Crippen molar-refractivity contribution in [1.29, 1.82) is 0 Å². The Hall–Kier alpha value is -3.50. The van der Waals surface area contributed by atoms with Crippen LogP contribution in [-0.4, -0.2) is 68.1 Å². The molecule has 0 N–H and O–H groups in total. The van der Waals surface area contributed by atoms with Gasteiger partial charge in [-0.1, -0.05) is 43.2 Å². The monoisotopic (exact) mass is 569 g/mol. The van der Waals surface area contributed by atoms with Gasteiger partial charge in [-0.05, 0) is 31.7 Å². The molecule has 1 aliphatic heterocycles. The van der Waals surface area contributed by atoms with Crippen LogP contribution in [0, 0.1) is 11.8 Å². The zero-order valence-electron chi connectivity index (χ0n) is 23.9. The number of aromatic nitrogens is 1. The first-order valence-corrected chi connectivity index (χ1v) is 14.2. The quantitative estimate of drug-likeness (QED) is 0.220. The molecule has 0 bridgehead atoms. The Morgan fingerprint density at radius 2 is 1.83 bits per heavy atom. The molecule has 2 aliphatic rings. The normalized spacial score (nSPS) is 23.5. The van der Waals surface area contributed by atoms with Crippen LogP contribution in [0.3, 0.4) is 0 Å². The number of rotatable bonds is 11. The molecule has 0 spiro atoms. The highest BCUT2D eigenvalue weighted by Crippen LogP contribution is 2.33. The molecule has 1 aromatic heterocycles. The molecular formula is C31H39NO9. The molecule has 4 atom stereocenters. The molecule has 2 aromatic rings. The van der Waals surface area contributed by atoms with Crippen LogP contribution >= 0.6 is 0 Å². The van der Waals surface area contributed by atoms with Crippen molar-refractivity contribution in [2.75, 3.05) is 27.1 Å². The minimum Gasteiger partial charge on any atom is -0.493 e. The van der Waals surface area contributed by atoms with Crippen LogP contribution in [-0.2, 0) is 35.0 Å². The van der Waals surface area contributed by atoms with Gasteiger partial charge in [0.1, 0.15) is 6.10 Å². The van der Waals surface area contributed by atoms with Crippen LogP contribution in [0.4, 0.5) is 0 Å². The predicted octanol–water partition coefficient (Wildman–Crippen LogP) is 4.33. The van der Waals surface area contributed by atoms with Gasteiger partial charge in [0, 0.05) is 31.5 Å². The Kier molecular flexibility index (Phi) is 11.1. The van der Waals surface area contributed by atoms with E-state index in [1.165, 1.54) is 26.3 Å². The van der Waals surface area contributed by atoms with Gasteiger partial charge in [0.2, 0.25) is 6.79 Å². The number of esters is 2. The third-order valence-corrected chi connectivity index (χ3v) is 7.46. The summed E-state index contributed by atoms with van der Waals surface area (Å²) in [7, 11) is 1.42. The SMILES string of the molecule is COc1ccnc(C(=O)C[C@H]2COC[C@H](Cc3ccccc3)[C@@H](OC3CCCC3)[C@H](C)OC2=O)c1OCOC(C)=O. The summed E-state index contributed by atoms with van der Waals surface area (Å²) in [6, 6.07) is 11.6. The van der Waals surface area contributed by atoms with E-state index in [1.54, 1.807) is 0 Å². The molecule has 2 heterocycles. The molecule has 10 nitrogen and oxygen atoms in total. The molecule has 1 aromatic carbocycles. The average Bonchev–Trinajstić information content (AvgIpc) is 3.49. The highest BCUT2D eigenvalue weighted by molar-refractivity contribution is 5.99. The summed E-state index contributed by atoms with van der Waals surface area (Å²) >= 11 is 0. The Morgan fingerprint density at radius 3 is 2.54 bits per heavy atom. The van der Waals surface area contributed by atoms with Gasteiger partial charge < -0.3 is 28.4 Å². The van der Waals surface area contributed by atoms with Crippen LogP contribution in [0.15, 0.2) is 42.6 Å². The third-order valence-electron chi connectivity index (χ3n) is 7.46. The highest BCUT2D eigenvalue weighted by Gasteiger charge is 2.38. The second-order valence-electron chi connectivity index (χ2n) is 10.5. The Labute approximate surface area is 240 Å². The van der Waals surface area contributed by atoms with Crippen molar-refractivity contribution < 1.29 is 42.8 Å². The van der Waals surface area contributed by atoms with Gasteiger partial charge in [0.25, 0.3) is 0 Å². The first-order chi connectivity index (χ1) is 19.9. The maximum Gasteiger partial charge on any atom is 0.312 e. The molecular weight excluding hydrogens is 530 g/mol. The summed E-state index contributed by atoms with van der Waals surface area (Å²) in [5.74, 6) is -2.16. The van der Waals surface area contributed by atoms with E-state index in [1.807, 2.05) is 25.1 Å². The number of ketones is 1. The summed E-state index contributed by atoms with van der Waals surface area (Å²) in [5, 5.41) is 0. The molecule has 0 radical (unpaired) electrons. The number of benzene rings is 1. The van der Waals surface area contributed by atoms with Gasteiger partial charge in [0.15, 0.2) is 23.0 Å².